The lowest BCUT2D eigenvalue weighted by Gasteiger charge is -2.40. The smallest absolute Gasteiger partial charge is 0.308 e. The highest BCUT2D eigenvalue weighted by Crippen LogP contribution is 2.52. The van der Waals surface area contributed by atoms with E-state index in [1.165, 1.54) is 12.7 Å². The van der Waals surface area contributed by atoms with Crippen molar-refractivity contribution in [1.29, 1.82) is 0 Å². The third kappa shape index (κ3) is 11.3. The molecule has 3 aliphatic rings. The van der Waals surface area contributed by atoms with E-state index in [0.717, 1.165) is 35.1 Å². The van der Waals surface area contributed by atoms with Gasteiger partial charge in [-0.05, 0) is 91.7 Å². The second-order valence-corrected chi connectivity index (χ2v) is 19.1. The Balaban J connectivity index is 1.27. The van der Waals surface area contributed by atoms with Crippen molar-refractivity contribution in [2.75, 3.05) is 7.11 Å². The van der Waals surface area contributed by atoms with E-state index in [9.17, 15) is 18.3 Å². The molecule has 1 saturated heterocycles. The van der Waals surface area contributed by atoms with Crippen molar-refractivity contribution in [3.05, 3.63) is 137 Å². The van der Waals surface area contributed by atoms with E-state index in [2.05, 4.69) is 26.8 Å². The molecular formula is C50H64O9S. The molecule has 2 heterocycles. The molecule has 0 bridgehead atoms. The summed E-state index contributed by atoms with van der Waals surface area (Å²) in [5.41, 5.74) is 5.15. The van der Waals surface area contributed by atoms with Crippen molar-refractivity contribution in [2.45, 2.75) is 133 Å². The molecule has 9 nitrogen and oxygen atoms in total. The topological polar surface area (TPSA) is 118 Å². The molecule has 6 rings (SSSR count). The summed E-state index contributed by atoms with van der Waals surface area (Å²) in [5, 5.41) is 11.2. The molecule has 60 heavy (non-hydrogen) atoms. The van der Waals surface area contributed by atoms with Crippen LogP contribution in [0.5, 0.6) is 0 Å². The van der Waals surface area contributed by atoms with Gasteiger partial charge in [-0.2, -0.15) is 0 Å². The fourth-order valence-corrected chi connectivity index (χ4v) is 11.0. The highest BCUT2D eigenvalue weighted by molar-refractivity contribution is 7.92. The molecule has 0 spiro atoms. The predicted octanol–water partition coefficient (Wildman–Crippen LogP) is 8.92. The van der Waals surface area contributed by atoms with Crippen molar-refractivity contribution < 1.29 is 42.0 Å². The third-order valence-electron chi connectivity index (χ3n) is 12.6. The van der Waals surface area contributed by atoms with Crippen LogP contribution >= 0.6 is 0 Å². The first-order valence-electron chi connectivity index (χ1n) is 21.5. The molecule has 0 amide bonds. The maximum Gasteiger partial charge on any atom is 0.308 e. The summed E-state index contributed by atoms with van der Waals surface area (Å²) in [6.07, 6.45) is 6.96. The van der Waals surface area contributed by atoms with Crippen LogP contribution in [0.2, 0.25) is 0 Å². The maximum atomic E-state index is 14.6. The first kappa shape index (κ1) is 45.6. The number of aliphatic hydroxyl groups is 1. The van der Waals surface area contributed by atoms with Crippen LogP contribution in [0.1, 0.15) is 77.0 Å². The molecule has 1 saturated carbocycles. The molecule has 1 N–H and O–H groups in total. The number of aryl methyl sites for hydroxylation is 1. The fourth-order valence-electron chi connectivity index (χ4n) is 9.03. The number of sulfone groups is 1. The molecular weight excluding hydrogens is 777 g/mol. The quantitative estimate of drug-likeness (QED) is 0.0990. The van der Waals surface area contributed by atoms with E-state index in [0.29, 0.717) is 19.6 Å². The Hall–Kier alpha value is -3.90. The van der Waals surface area contributed by atoms with Gasteiger partial charge in [0.15, 0.2) is 9.84 Å². The summed E-state index contributed by atoms with van der Waals surface area (Å²) >= 11 is 0. The van der Waals surface area contributed by atoms with Gasteiger partial charge in [0, 0.05) is 6.42 Å². The van der Waals surface area contributed by atoms with Crippen molar-refractivity contribution in [1.82, 2.24) is 0 Å². The standard InChI is InChI=1S/C50H64O9S/c1-8-42-33(3)21-25-43(59-42)34(4)27-35(5)50(60(53,54)40-22-19-32(2)20-23-40)48(52)47-36(6)41(47)24-26-44-49(57-31-38-17-13-10-14-18-38)45(28-39(58-44)29-46(51)55-7)56-30-37-15-11-9-12-16-37/h9-24,26-27,35-36,39,41-45,47-50,52H,8,25,28-31H2,1-7H3/b26-24+,34-27+/t35-,36-,39-,41-,42+,43+,44-,45-,47-,48?,49-,50?/m0/s1. The second-order valence-electron chi connectivity index (χ2n) is 17.0. The lowest BCUT2D eigenvalue weighted by Crippen LogP contribution is -2.50. The molecule has 12 atom stereocenters. The Morgan fingerprint density at radius 2 is 1.55 bits per heavy atom. The van der Waals surface area contributed by atoms with Gasteiger partial charge in [-0.3, -0.25) is 4.79 Å². The van der Waals surface area contributed by atoms with Gasteiger partial charge in [0.05, 0.1) is 67.4 Å². The SMILES string of the molecule is CC[C@H]1O[C@@H](/C(C)=C/[C@H](C)C(C(O)[C@H]2[C@@H](C)[C@@H]2/C=C/[C@@H]2O[C@H](CC(=O)OC)C[C@H](OCc3ccccc3)[C@H]2OCc2ccccc2)S(=O)(=O)c2ccc(C)cc2)CC=C1C. The van der Waals surface area contributed by atoms with Gasteiger partial charge in [0.1, 0.15) is 12.2 Å². The van der Waals surface area contributed by atoms with Crippen LogP contribution in [0.3, 0.4) is 0 Å². The monoisotopic (exact) mass is 840 g/mol. The summed E-state index contributed by atoms with van der Waals surface area (Å²) in [4.78, 5) is 12.7. The van der Waals surface area contributed by atoms with Crippen molar-refractivity contribution in [3.63, 3.8) is 0 Å². The number of carbonyl (C=O) groups excluding carboxylic acids is 1. The van der Waals surface area contributed by atoms with Gasteiger partial charge >= 0.3 is 5.97 Å². The Bertz CT molecular complexity index is 2050. The highest BCUT2D eigenvalue weighted by Gasteiger charge is 2.55. The zero-order valence-electron chi connectivity index (χ0n) is 36.2. The molecule has 0 aromatic heterocycles. The molecule has 324 valence electrons. The van der Waals surface area contributed by atoms with Crippen molar-refractivity contribution in [2.24, 2.45) is 23.7 Å². The van der Waals surface area contributed by atoms with Crippen LogP contribution in [0.25, 0.3) is 0 Å². The summed E-state index contributed by atoms with van der Waals surface area (Å²) in [6.45, 7) is 12.7. The number of allylic oxidation sites excluding steroid dienone is 2. The minimum absolute atomic E-state index is 0.00683. The Morgan fingerprint density at radius 3 is 2.17 bits per heavy atom. The molecule has 2 unspecified atom stereocenters. The number of aliphatic hydroxyl groups excluding tert-OH is 1. The normalized spacial score (nSPS) is 28.8. The Kier molecular flexibility index (Phi) is 15.8. The van der Waals surface area contributed by atoms with Gasteiger partial charge in [-0.15, -0.1) is 0 Å². The number of methoxy groups -OCH3 is 1. The average molecular weight is 841 g/mol. The largest absolute Gasteiger partial charge is 0.469 e. The van der Waals surface area contributed by atoms with Crippen LogP contribution in [-0.2, 0) is 51.5 Å². The van der Waals surface area contributed by atoms with Gasteiger partial charge in [0.25, 0.3) is 0 Å². The van der Waals surface area contributed by atoms with E-state index >= 15 is 0 Å². The first-order chi connectivity index (χ1) is 28.8. The number of benzene rings is 3. The minimum Gasteiger partial charge on any atom is -0.469 e. The molecule has 1 aliphatic carbocycles. The van der Waals surface area contributed by atoms with Gasteiger partial charge in [0.2, 0.25) is 0 Å². The molecule has 3 aromatic rings. The number of esters is 1. The summed E-state index contributed by atoms with van der Waals surface area (Å²) < 4.78 is 60.5. The summed E-state index contributed by atoms with van der Waals surface area (Å²) in [7, 11) is -2.61. The predicted molar refractivity (Wildman–Crippen MR) is 234 cm³/mol. The second kappa shape index (κ2) is 20.8. The van der Waals surface area contributed by atoms with E-state index in [-0.39, 0.29) is 47.2 Å². The maximum absolute atomic E-state index is 14.6. The summed E-state index contributed by atoms with van der Waals surface area (Å²) in [5.74, 6) is -1.35. The van der Waals surface area contributed by atoms with Crippen LogP contribution in [0.4, 0.5) is 0 Å². The molecule has 3 aromatic carbocycles. The van der Waals surface area contributed by atoms with Gasteiger partial charge in [-0.25, -0.2) is 8.42 Å². The number of rotatable bonds is 18. The van der Waals surface area contributed by atoms with E-state index in [1.807, 2.05) is 99.7 Å². The zero-order chi connectivity index (χ0) is 43.0. The highest BCUT2D eigenvalue weighted by atomic mass is 32.2. The van der Waals surface area contributed by atoms with Crippen LogP contribution in [0.15, 0.2) is 125 Å². The lowest BCUT2D eigenvalue weighted by molar-refractivity contribution is -0.198. The Labute approximate surface area is 357 Å². The summed E-state index contributed by atoms with van der Waals surface area (Å²) in [6, 6.07) is 26.7. The molecule has 10 heteroatoms. The first-order valence-corrected chi connectivity index (χ1v) is 23.1. The minimum atomic E-state index is -3.98. The van der Waals surface area contributed by atoms with Crippen LogP contribution in [-0.4, -0.2) is 74.6 Å². The van der Waals surface area contributed by atoms with Crippen LogP contribution in [0, 0.1) is 30.6 Å². The Morgan fingerprint density at radius 1 is 0.917 bits per heavy atom. The molecule has 0 radical (unpaired) electrons. The molecule has 2 aliphatic heterocycles. The lowest BCUT2D eigenvalue weighted by atomic mass is 9.92. The average Bonchev–Trinajstić information content (AvgIpc) is 3.90. The van der Waals surface area contributed by atoms with E-state index in [4.69, 9.17) is 23.7 Å². The van der Waals surface area contributed by atoms with E-state index < -0.39 is 51.5 Å². The van der Waals surface area contributed by atoms with Crippen molar-refractivity contribution in [3.8, 4) is 0 Å². The van der Waals surface area contributed by atoms with Crippen LogP contribution < -0.4 is 0 Å². The number of ether oxygens (including phenoxy) is 5. The fraction of sp³-hybridized carbons (Fsp3) is 0.500. The van der Waals surface area contributed by atoms with Crippen molar-refractivity contribution >= 4 is 15.8 Å². The number of hydrogen-bond donors (Lipinski definition) is 1. The number of hydrogen-bond acceptors (Lipinski definition) is 9. The molecule has 2 fully saturated rings. The van der Waals surface area contributed by atoms with E-state index in [1.54, 1.807) is 24.3 Å². The zero-order valence-corrected chi connectivity index (χ0v) is 37.0. The number of carbonyl (C=O) groups is 1. The van der Waals surface area contributed by atoms with Gasteiger partial charge < -0.3 is 28.8 Å². The third-order valence-corrected chi connectivity index (χ3v) is 15.0. The van der Waals surface area contributed by atoms with Gasteiger partial charge in [-0.1, -0.05) is 123 Å².